The summed E-state index contributed by atoms with van der Waals surface area (Å²) in [5, 5.41) is 15.5. The van der Waals surface area contributed by atoms with Crippen LogP contribution < -0.4 is 35.5 Å². The lowest BCUT2D eigenvalue weighted by Gasteiger charge is -2.26. The predicted molar refractivity (Wildman–Crippen MR) is 250 cm³/mol. The van der Waals surface area contributed by atoms with Gasteiger partial charge >= 0.3 is 0 Å². The van der Waals surface area contributed by atoms with Crippen molar-refractivity contribution in [2.24, 2.45) is 5.92 Å². The number of hydrogen-bond acceptors (Lipinski definition) is 13. The molecule has 340 valence electrons. The number of likely N-dealkylation sites (tertiary alicyclic amines) is 1. The number of amides is 4. The molecule has 8 rings (SSSR count). The van der Waals surface area contributed by atoms with Crippen LogP contribution in [0, 0.1) is 5.92 Å². The second kappa shape index (κ2) is 18.9. The minimum Gasteiger partial charge on any atom is -0.497 e. The normalized spacial score (nSPS) is 22.2. The van der Waals surface area contributed by atoms with Crippen molar-refractivity contribution in [3.05, 3.63) is 95.9 Å². The molecule has 5 N–H and O–H groups in total. The molecular formula is C47H52N8O8S2. The third-order valence-corrected chi connectivity index (χ3v) is 13.8. The van der Waals surface area contributed by atoms with Gasteiger partial charge in [0.1, 0.15) is 39.8 Å². The van der Waals surface area contributed by atoms with E-state index >= 15 is 0 Å². The van der Waals surface area contributed by atoms with Crippen molar-refractivity contribution in [3.63, 3.8) is 0 Å². The average molecular weight is 921 g/mol. The Morgan fingerprint density at radius 1 is 0.985 bits per heavy atom. The van der Waals surface area contributed by atoms with Crippen LogP contribution >= 0.6 is 11.3 Å². The fourth-order valence-electron chi connectivity index (χ4n) is 8.32. The number of ether oxygens (including phenoxy) is 2. The highest BCUT2D eigenvalue weighted by Crippen LogP contribution is 2.46. The van der Waals surface area contributed by atoms with Gasteiger partial charge in [-0.25, -0.2) is 23.1 Å². The molecule has 16 nitrogen and oxygen atoms in total. The zero-order valence-corrected chi connectivity index (χ0v) is 38.2. The van der Waals surface area contributed by atoms with Gasteiger partial charge in [0.25, 0.3) is 21.8 Å². The van der Waals surface area contributed by atoms with Gasteiger partial charge in [0.05, 0.1) is 30.6 Å². The summed E-state index contributed by atoms with van der Waals surface area (Å²) in [5.41, 5.74) is 1.10. The van der Waals surface area contributed by atoms with E-state index in [9.17, 15) is 27.6 Å². The summed E-state index contributed by atoms with van der Waals surface area (Å²) in [7, 11) is -2.82. The molecule has 1 saturated carbocycles. The number of nitrogens with one attached hydrogen (secondary N) is 5. The number of thiazole rings is 1. The Morgan fingerprint density at radius 2 is 1.82 bits per heavy atom. The van der Waals surface area contributed by atoms with Crippen molar-refractivity contribution in [2.75, 3.05) is 36.1 Å². The predicted octanol–water partition coefficient (Wildman–Crippen LogP) is 6.73. The van der Waals surface area contributed by atoms with E-state index in [0.29, 0.717) is 51.7 Å². The minimum atomic E-state index is -4.39. The number of sulfonamides is 1. The molecule has 2 aliphatic heterocycles. The van der Waals surface area contributed by atoms with Crippen LogP contribution in [0.15, 0.2) is 95.2 Å². The fourth-order valence-corrected chi connectivity index (χ4v) is 10.4. The van der Waals surface area contributed by atoms with Crippen molar-refractivity contribution in [2.45, 2.75) is 87.9 Å². The van der Waals surface area contributed by atoms with Crippen LogP contribution in [0.4, 0.5) is 16.5 Å². The van der Waals surface area contributed by atoms with E-state index in [4.69, 9.17) is 19.4 Å². The van der Waals surface area contributed by atoms with Crippen molar-refractivity contribution in [3.8, 4) is 22.9 Å². The van der Waals surface area contributed by atoms with Gasteiger partial charge in [0.2, 0.25) is 11.8 Å². The SMILES string of the molecule is COc1ccc2c(O[C@@H]3C[C@@H](C(=O)N[C@]45CC4/C=C\CCCCCNc4ccccc4S(=O)(=O)NC5=O)N(C(=O)c4cccc(NC(C)=O)c4)C3)cc(-c3csc(NC(C)C)n3)nc2c1. The fraction of sp³-hybridized carbons (Fsp3) is 0.362. The van der Waals surface area contributed by atoms with E-state index in [1.807, 2.05) is 37.4 Å². The molecule has 5 aromatic rings. The first-order valence-electron chi connectivity index (χ1n) is 21.7. The zero-order chi connectivity index (χ0) is 45.9. The first-order valence-corrected chi connectivity index (χ1v) is 24.0. The summed E-state index contributed by atoms with van der Waals surface area (Å²) in [5.74, 6) is -1.84. The molecule has 0 spiro atoms. The summed E-state index contributed by atoms with van der Waals surface area (Å²) in [6, 6.07) is 19.0. The number of para-hydroxylation sites is 1. The van der Waals surface area contributed by atoms with Gasteiger partial charge in [-0.3, -0.25) is 19.2 Å². The van der Waals surface area contributed by atoms with E-state index in [1.54, 1.807) is 61.7 Å². The number of benzene rings is 3. The topological polar surface area (TPSA) is 210 Å². The molecule has 18 heteroatoms. The molecule has 65 heavy (non-hydrogen) atoms. The summed E-state index contributed by atoms with van der Waals surface area (Å²) in [4.78, 5) is 66.6. The number of aromatic nitrogens is 2. The molecule has 4 amide bonds. The van der Waals surface area contributed by atoms with Crippen LogP contribution in [0.25, 0.3) is 22.3 Å². The zero-order valence-electron chi connectivity index (χ0n) is 36.6. The summed E-state index contributed by atoms with van der Waals surface area (Å²) < 4.78 is 42.3. The molecule has 2 fully saturated rings. The average Bonchev–Trinajstić information content (AvgIpc) is 3.53. The van der Waals surface area contributed by atoms with Gasteiger partial charge in [0.15, 0.2) is 5.13 Å². The third kappa shape index (κ3) is 10.1. The van der Waals surface area contributed by atoms with Crippen LogP contribution in [0.1, 0.15) is 69.7 Å². The van der Waals surface area contributed by atoms with Gasteiger partial charge in [0, 0.05) is 66.0 Å². The molecule has 3 aliphatic rings. The quantitative estimate of drug-likeness (QED) is 0.0924. The number of anilines is 3. The lowest BCUT2D eigenvalue weighted by molar-refractivity contribution is -0.131. The van der Waals surface area contributed by atoms with Gasteiger partial charge in [-0.1, -0.05) is 36.8 Å². The molecule has 4 heterocycles. The largest absolute Gasteiger partial charge is 0.497 e. The minimum absolute atomic E-state index is 0.0208. The molecule has 1 aliphatic carbocycles. The Labute approximate surface area is 381 Å². The highest BCUT2D eigenvalue weighted by molar-refractivity contribution is 7.90. The van der Waals surface area contributed by atoms with Crippen molar-refractivity contribution < 1.29 is 37.1 Å². The Balaban J connectivity index is 1.13. The van der Waals surface area contributed by atoms with Crippen LogP contribution in [-0.2, 0) is 24.4 Å². The first-order chi connectivity index (χ1) is 31.2. The number of allylic oxidation sites excluding steroid dienone is 1. The lowest BCUT2D eigenvalue weighted by atomic mass is 10.1. The number of hydrogen-bond donors (Lipinski definition) is 5. The van der Waals surface area contributed by atoms with Crippen LogP contribution in [-0.4, -0.2) is 90.8 Å². The summed E-state index contributed by atoms with van der Waals surface area (Å²) >= 11 is 1.45. The monoisotopic (exact) mass is 920 g/mol. The van der Waals surface area contributed by atoms with E-state index in [-0.39, 0.29) is 41.8 Å². The third-order valence-electron chi connectivity index (χ3n) is 11.6. The molecule has 3 aromatic carbocycles. The number of rotatable bonds is 10. The first kappa shape index (κ1) is 45.1. The molecule has 0 radical (unpaired) electrons. The second-order valence-electron chi connectivity index (χ2n) is 16.8. The van der Waals surface area contributed by atoms with Gasteiger partial charge in [-0.2, -0.15) is 0 Å². The maximum Gasteiger partial charge on any atom is 0.266 e. The van der Waals surface area contributed by atoms with E-state index in [2.05, 4.69) is 26.0 Å². The van der Waals surface area contributed by atoms with Crippen molar-refractivity contribution >= 4 is 72.4 Å². The highest BCUT2D eigenvalue weighted by atomic mass is 32.2. The Morgan fingerprint density at radius 3 is 2.62 bits per heavy atom. The highest BCUT2D eigenvalue weighted by Gasteiger charge is 2.61. The van der Waals surface area contributed by atoms with Crippen molar-refractivity contribution in [1.82, 2.24) is 24.9 Å². The second-order valence-corrected chi connectivity index (χ2v) is 19.4. The number of nitrogens with zero attached hydrogens (tertiary/aromatic N) is 3. The smallest absolute Gasteiger partial charge is 0.266 e. The number of pyridine rings is 1. The van der Waals surface area contributed by atoms with E-state index in [0.717, 1.165) is 30.8 Å². The number of carbonyl (C=O) groups excluding carboxylic acids is 4. The Bertz CT molecular complexity index is 2780. The molecule has 0 bridgehead atoms. The van der Waals surface area contributed by atoms with E-state index < -0.39 is 51.3 Å². The maximum absolute atomic E-state index is 14.8. The molecule has 1 saturated heterocycles. The van der Waals surface area contributed by atoms with Gasteiger partial charge in [-0.15, -0.1) is 11.3 Å². The van der Waals surface area contributed by atoms with Gasteiger partial charge < -0.3 is 35.6 Å². The summed E-state index contributed by atoms with van der Waals surface area (Å²) in [6.45, 7) is 5.94. The lowest BCUT2D eigenvalue weighted by Crippen LogP contribution is -2.56. The molecular weight excluding hydrogens is 869 g/mol. The molecule has 4 atom stereocenters. The Hall–Kier alpha value is -6.53. The summed E-state index contributed by atoms with van der Waals surface area (Å²) in [6.07, 6.45) is 6.63. The van der Waals surface area contributed by atoms with E-state index in [1.165, 1.54) is 35.3 Å². The standard InChI is InChI=1S/C47H52N8O8S2/c1-28(2)49-46-52-39(27-64-46)38-24-41(35-19-18-33(62-4)22-37(35)51-38)63-34-23-40(55(26-34)44(58)30-13-12-15-32(21-30)50-29(3)56)43(57)53-47-25-31(47)14-8-6-5-7-11-20-48-36-16-9-10-17-42(36)65(60,61)54-45(47)59/h8-10,12-19,21-22,24,27-28,31,34,40,48H,5-7,11,20,23,25-26H2,1-4H3,(H,49,52)(H,50,56)(H,53,57)(H,54,59)/b14-8-/t31?,34-,40+,47-/m1/s1. The molecule has 2 aromatic heterocycles. The maximum atomic E-state index is 14.8. The molecule has 1 unspecified atom stereocenters. The number of fused-ring (bicyclic) bond motifs is 3. The number of carbonyl (C=O) groups is 4. The number of methoxy groups -OCH3 is 1. The van der Waals surface area contributed by atoms with Crippen LogP contribution in [0.2, 0.25) is 0 Å². The van der Waals surface area contributed by atoms with Gasteiger partial charge in [-0.05, 0) is 82.0 Å². The Kier molecular flexibility index (Phi) is 13.1. The van der Waals surface area contributed by atoms with Crippen molar-refractivity contribution in [1.29, 1.82) is 0 Å². The van der Waals surface area contributed by atoms with Crippen LogP contribution in [0.5, 0.6) is 11.5 Å². The van der Waals surface area contributed by atoms with Crippen LogP contribution in [0.3, 0.4) is 0 Å².